The number of aromatic amines is 1. The minimum atomic E-state index is -1.16. The van der Waals surface area contributed by atoms with Gasteiger partial charge in [-0.05, 0) is 42.0 Å². The number of carbonyl (C=O) groups excluding carboxylic acids is 3. The molecule has 2 aromatic carbocycles. The van der Waals surface area contributed by atoms with Crippen LogP contribution in [0.2, 0.25) is 0 Å². The number of para-hydroxylation sites is 1. The summed E-state index contributed by atoms with van der Waals surface area (Å²) in [5.74, 6) is -2.50. The van der Waals surface area contributed by atoms with Gasteiger partial charge in [-0.3, -0.25) is 14.4 Å². The molecule has 0 radical (unpaired) electrons. The molecule has 0 bridgehead atoms. The quantitative estimate of drug-likeness (QED) is 0.133. The number of carbonyl (C=O) groups is 4. The summed E-state index contributed by atoms with van der Waals surface area (Å²) in [4.78, 5) is 54.2. The molecule has 40 heavy (non-hydrogen) atoms. The molecule has 10 nitrogen and oxygen atoms in total. The molecule has 0 saturated carbocycles. The first-order valence-corrected chi connectivity index (χ1v) is 14.8. The lowest BCUT2D eigenvalue weighted by atomic mass is 10.0. The van der Waals surface area contributed by atoms with E-state index in [-0.39, 0.29) is 25.0 Å². The van der Waals surface area contributed by atoms with E-state index in [0.29, 0.717) is 5.75 Å². The number of benzene rings is 2. The van der Waals surface area contributed by atoms with Gasteiger partial charge in [0.25, 0.3) is 0 Å². The highest BCUT2D eigenvalue weighted by atomic mass is 32.2. The van der Waals surface area contributed by atoms with E-state index in [1.165, 1.54) is 11.8 Å². The number of nitrogens with one attached hydrogen (secondary N) is 4. The third kappa shape index (κ3) is 8.77. The second-order valence-electron chi connectivity index (χ2n) is 9.35. The lowest BCUT2D eigenvalue weighted by Crippen LogP contribution is -2.58. The Labute approximate surface area is 242 Å². The summed E-state index contributed by atoms with van der Waals surface area (Å²) in [6, 6.07) is 12.7. The fraction of sp³-hybridized carbons (Fsp3) is 0.357. The van der Waals surface area contributed by atoms with E-state index in [2.05, 4.69) is 33.6 Å². The van der Waals surface area contributed by atoms with Crippen LogP contribution >= 0.6 is 24.4 Å². The number of aromatic nitrogens is 1. The summed E-state index contributed by atoms with van der Waals surface area (Å²) in [6.45, 7) is 0. The summed E-state index contributed by atoms with van der Waals surface area (Å²) < 4.78 is 0. The second-order valence-corrected chi connectivity index (χ2v) is 10.7. The molecule has 1 aromatic heterocycles. The fourth-order valence-electron chi connectivity index (χ4n) is 4.20. The number of thioether (sulfide) groups is 1. The Hall–Kier alpha value is -3.48. The summed E-state index contributed by atoms with van der Waals surface area (Å²) in [5, 5.41) is 18.2. The molecule has 3 aromatic rings. The average Bonchev–Trinajstić information content (AvgIpc) is 3.36. The standard InChI is InChI=1S/C28H35N5O5S2/c1-40-12-11-22(28(37)38)31-27(36)24(16-39)33-26(35)23(14-18-15-30-21-10-6-5-9-19(18)21)32-25(34)20(29)13-17-7-3-2-4-8-17/h2-10,15,20,22-24,30,39H,11-14,16,29H2,1H3,(H,31,36)(H,32,34)(H,33,35)(H,37,38). The summed E-state index contributed by atoms with van der Waals surface area (Å²) in [7, 11) is 0. The van der Waals surface area contributed by atoms with Crippen molar-refractivity contribution in [1.82, 2.24) is 20.9 Å². The lowest BCUT2D eigenvalue weighted by Gasteiger charge is -2.24. The number of hydrogen-bond acceptors (Lipinski definition) is 7. The highest BCUT2D eigenvalue weighted by Gasteiger charge is 2.30. The SMILES string of the molecule is CSCCC(NC(=O)C(CS)NC(=O)C(Cc1c[nH]c2ccccc12)NC(=O)C(N)Cc1ccccc1)C(=O)O. The van der Waals surface area contributed by atoms with Gasteiger partial charge >= 0.3 is 5.97 Å². The molecule has 0 aliphatic rings. The topological polar surface area (TPSA) is 166 Å². The van der Waals surface area contributed by atoms with Gasteiger partial charge in [0.2, 0.25) is 17.7 Å². The van der Waals surface area contributed by atoms with E-state index in [9.17, 15) is 24.3 Å². The van der Waals surface area contributed by atoms with Crippen LogP contribution in [0.4, 0.5) is 0 Å². The number of amides is 3. The van der Waals surface area contributed by atoms with Crippen molar-refractivity contribution in [2.45, 2.75) is 43.4 Å². The monoisotopic (exact) mass is 585 g/mol. The Morgan fingerprint density at radius 2 is 1.52 bits per heavy atom. The van der Waals surface area contributed by atoms with Crippen LogP contribution in [0.5, 0.6) is 0 Å². The summed E-state index contributed by atoms with van der Waals surface area (Å²) in [5.41, 5.74) is 8.73. The number of thiol groups is 1. The molecular weight excluding hydrogens is 550 g/mol. The van der Waals surface area contributed by atoms with Crippen LogP contribution in [0.1, 0.15) is 17.5 Å². The molecule has 0 saturated heterocycles. The first kappa shape index (κ1) is 31.1. The Balaban J connectivity index is 1.77. The van der Waals surface area contributed by atoms with Crippen molar-refractivity contribution >= 4 is 59.0 Å². The number of H-pyrrole nitrogens is 1. The van der Waals surface area contributed by atoms with Gasteiger partial charge in [0.15, 0.2) is 0 Å². The van der Waals surface area contributed by atoms with Gasteiger partial charge < -0.3 is 31.8 Å². The first-order chi connectivity index (χ1) is 19.2. The zero-order chi connectivity index (χ0) is 29.1. The van der Waals surface area contributed by atoms with Gasteiger partial charge in [-0.15, -0.1) is 0 Å². The van der Waals surface area contributed by atoms with Crippen LogP contribution in [0.15, 0.2) is 60.8 Å². The smallest absolute Gasteiger partial charge is 0.326 e. The molecule has 0 fully saturated rings. The second kappa shape index (κ2) is 15.3. The molecule has 0 aliphatic heterocycles. The Morgan fingerprint density at radius 3 is 2.20 bits per heavy atom. The molecule has 4 atom stereocenters. The van der Waals surface area contributed by atoms with Gasteiger partial charge in [-0.1, -0.05) is 48.5 Å². The Morgan fingerprint density at radius 1 is 0.900 bits per heavy atom. The predicted octanol–water partition coefficient (Wildman–Crippen LogP) is 1.50. The fourth-order valence-corrected chi connectivity index (χ4v) is 4.93. The van der Waals surface area contributed by atoms with Crippen molar-refractivity contribution in [2.75, 3.05) is 17.8 Å². The van der Waals surface area contributed by atoms with Gasteiger partial charge in [-0.25, -0.2) is 4.79 Å². The molecule has 0 spiro atoms. The zero-order valence-electron chi connectivity index (χ0n) is 22.1. The van der Waals surface area contributed by atoms with Crippen LogP contribution < -0.4 is 21.7 Å². The molecule has 214 valence electrons. The molecule has 3 rings (SSSR count). The molecule has 7 N–H and O–H groups in total. The van der Waals surface area contributed by atoms with E-state index in [4.69, 9.17) is 5.73 Å². The number of aliphatic carboxylic acids is 1. The maximum absolute atomic E-state index is 13.5. The van der Waals surface area contributed by atoms with E-state index >= 15 is 0 Å². The first-order valence-electron chi connectivity index (χ1n) is 12.8. The van der Waals surface area contributed by atoms with Crippen molar-refractivity contribution in [3.63, 3.8) is 0 Å². The normalized spacial score (nSPS) is 14.1. The third-order valence-electron chi connectivity index (χ3n) is 6.41. The minimum absolute atomic E-state index is 0.0757. The van der Waals surface area contributed by atoms with Gasteiger partial charge in [0, 0.05) is 29.3 Å². The summed E-state index contributed by atoms with van der Waals surface area (Å²) >= 11 is 5.66. The molecule has 12 heteroatoms. The van der Waals surface area contributed by atoms with Crippen LogP contribution in [0.25, 0.3) is 10.9 Å². The van der Waals surface area contributed by atoms with Crippen molar-refractivity contribution in [2.24, 2.45) is 5.73 Å². The average molecular weight is 586 g/mol. The van der Waals surface area contributed by atoms with E-state index in [1.807, 2.05) is 60.9 Å². The van der Waals surface area contributed by atoms with Crippen LogP contribution in [-0.2, 0) is 32.0 Å². The zero-order valence-corrected chi connectivity index (χ0v) is 23.8. The number of fused-ring (bicyclic) bond motifs is 1. The maximum Gasteiger partial charge on any atom is 0.326 e. The number of rotatable bonds is 15. The van der Waals surface area contributed by atoms with Crippen LogP contribution in [0.3, 0.4) is 0 Å². The van der Waals surface area contributed by atoms with Crippen molar-refractivity contribution in [3.8, 4) is 0 Å². The van der Waals surface area contributed by atoms with Crippen molar-refractivity contribution < 1.29 is 24.3 Å². The Kier molecular flexibility index (Phi) is 11.9. The Bertz CT molecular complexity index is 1300. The number of hydrogen-bond donors (Lipinski definition) is 7. The van der Waals surface area contributed by atoms with E-state index in [0.717, 1.165) is 22.0 Å². The molecule has 3 amide bonds. The van der Waals surface area contributed by atoms with Crippen molar-refractivity contribution in [1.29, 1.82) is 0 Å². The van der Waals surface area contributed by atoms with E-state index in [1.54, 1.807) is 6.20 Å². The van der Waals surface area contributed by atoms with E-state index < -0.39 is 47.9 Å². The summed E-state index contributed by atoms with van der Waals surface area (Å²) in [6.07, 6.45) is 4.25. The molecule has 1 heterocycles. The highest BCUT2D eigenvalue weighted by Crippen LogP contribution is 2.19. The molecule has 0 aliphatic carbocycles. The molecule has 4 unspecified atom stereocenters. The lowest BCUT2D eigenvalue weighted by molar-refractivity contribution is -0.142. The minimum Gasteiger partial charge on any atom is -0.480 e. The van der Waals surface area contributed by atoms with Crippen LogP contribution in [0, 0.1) is 0 Å². The maximum atomic E-state index is 13.5. The van der Waals surface area contributed by atoms with Crippen molar-refractivity contribution in [3.05, 3.63) is 71.9 Å². The van der Waals surface area contributed by atoms with Crippen LogP contribution in [-0.4, -0.2) is 75.7 Å². The number of carboxylic acids is 1. The van der Waals surface area contributed by atoms with Gasteiger partial charge in [-0.2, -0.15) is 24.4 Å². The predicted molar refractivity (Wildman–Crippen MR) is 160 cm³/mol. The largest absolute Gasteiger partial charge is 0.480 e. The third-order valence-corrected chi connectivity index (χ3v) is 7.42. The molecular formula is C28H35N5O5S2. The highest BCUT2D eigenvalue weighted by molar-refractivity contribution is 7.98. The van der Waals surface area contributed by atoms with Gasteiger partial charge in [0.05, 0.1) is 6.04 Å². The number of carboxylic acid groups (broad SMARTS) is 1. The van der Waals surface area contributed by atoms with Gasteiger partial charge in [0.1, 0.15) is 18.1 Å². The number of nitrogens with two attached hydrogens (primary N) is 1.